The Balaban J connectivity index is 0.00000242. The van der Waals surface area contributed by atoms with Crippen molar-refractivity contribution in [1.29, 1.82) is 0 Å². The van der Waals surface area contributed by atoms with Crippen LogP contribution in [0.3, 0.4) is 0 Å². The van der Waals surface area contributed by atoms with Crippen molar-refractivity contribution in [2.45, 2.75) is 13.0 Å². The van der Waals surface area contributed by atoms with Gasteiger partial charge in [-0.25, -0.2) is 4.99 Å². The number of nitrogens with one attached hydrogen (secondary N) is 1. The van der Waals surface area contributed by atoms with Gasteiger partial charge in [-0.1, -0.05) is 0 Å². The van der Waals surface area contributed by atoms with Crippen LogP contribution >= 0.6 is 24.0 Å². The molecule has 1 aromatic rings. The van der Waals surface area contributed by atoms with Gasteiger partial charge in [-0.3, -0.25) is 0 Å². The second kappa shape index (κ2) is 9.57. The molecule has 1 atom stereocenters. The Bertz CT molecular complexity index is 499. The van der Waals surface area contributed by atoms with Crippen molar-refractivity contribution in [2.75, 3.05) is 33.7 Å². The van der Waals surface area contributed by atoms with Crippen LogP contribution in [0.4, 0.5) is 0 Å². The Labute approximate surface area is 147 Å². The number of ether oxygens (including phenoxy) is 4. The van der Waals surface area contributed by atoms with Gasteiger partial charge >= 0.3 is 0 Å². The van der Waals surface area contributed by atoms with Crippen molar-refractivity contribution in [1.82, 2.24) is 5.32 Å². The van der Waals surface area contributed by atoms with Crippen LogP contribution in [0.1, 0.15) is 6.92 Å². The predicted octanol–water partition coefficient (Wildman–Crippen LogP) is 1.35. The lowest BCUT2D eigenvalue weighted by atomic mass is 10.3. The molecular formula is C14H22IN3O4. The van der Waals surface area contributed by atoms with Crippen molar-refractivity contribution < 1.29 is 18.9 Å². The Hall–Kier alpha value is -1.42. The van der Waals surface area contributed by atoms with E-state index in [2.05, 4.69) is 10.3 Å². The molecule has 1 heterocycles. The molecule has 1 unspecified atom stereocenters. The summed E-state index contributed by atoms with van der Waals surface area (Å²) in [7, 11) is 1.64. The molecule has 124 valence electrons. The van der Waals surface area contributed by atoms with Crippen LogP contribution in [0.15, 0.2) is 23.2 Å². The Morgan fingerprint density at radius 1 is 1.41 bits per heavy atom. The van der Waals surface area contributed by atoms with E-state index in [9.17, 15) is 0 Å². The van der Waals surface area contributed by atoms with Crippen molar-refractivity contribution in [3.05, 3.63) is 18.2 Å². The SMILES string of the molecule is COCC(C)NC(N)=NCCOc1ccc2c(c1)OCO2.I. The summed E-state index contributed by atoms with van der Waals surface area (Å²) in [6.07, 6.45) is 0. The summed E-state index contributed by atoms with van der Waals surface area (Å²) in [4.78, 5) is 4.18. The summed E-state index contributed by atoms with van der Waals surface area (Å²) in [6.45, 7) is 3.69. The highest BCUT2D eigenvalue weighted by Crippen LogP contribution is 2.34. The first-order valence-corrected chi connectivity index (χ1v) is 6.77. The second-order valence-corrected chi connectivity index (χ2v) is 4.63. The third kappa shape index (κ3) is 5.76. The van der Waals surface area contributed by atoms with Crippen LogP contribution in [-0.2, 0) is 4.74 Å². The van der Waals surface area contributed by atoms with E-state index in [0.29, 0.717) is 37.2 Å². The Morgan fingerprint density at radius 3 is 2.95 bits per heavy atom. The van der Waals surface area contributed by atoms with Crippen molar-refractivity contribution in [3.63, 3.8) is 0 Å². The number of halogens is 1. The standard InChI is InChI=1S/C14H21N3O4.HI/c1-10(8-18-2)17-14(15)16-5-6-19-11-3-4-12-13(7-11)21-9-20-12;/h3-4,7,10H,5-6,8-9H2,1-2H3,(H3,15,16,17);1H. The molecule has 3 N–H and O–H groups in total. The van der Waals surface area contributed by atoms with Gasteiger partial charge in [-0.05, 0) is 19.1 Å². The van der Waals surface area contributed by atoms with Gasteiger partial charge in [0.25, 0.3) is 0 Å². The summed E-state index contributed by atoms with van der Waals surface area (Å²) >= 11 is 0. The van der Waals surface area contributed by atoms with E-state index in [1.807, 2.05) is 19.1 Å². The van der Waals surface area contributed by atoms with Crippen molar-refractivity contribution >= 4 is 29.9 Å². The smallest absolute Gasteiger partial charge is 0.231 e. The molecule has 0 fully saturated rings. The fourth-order valence-corrected chi connectivity index (χ4v) is 1.89. The molecule has 7 nitrogen and oxygen atoms in total. The third-order valence-corrected chi connectivity index (χ3v) is 2.80. The minimum atomic E-state index is 0. The quantitative estimate of drug-likeness (QED) is 0.298. The first-order chi connectivity index (χ1) is 10.2. The lowest BCUT2D eigenvalue weighted by Gasteiger charge is -2.13. The monoisotopic (exact) mass is 423 g/mol. The molecule has 0 saturated carbocycles. The number of rotatable bonds is 7. The van der Waals surface area contributed by atoms with E-state index >= 15 is 0 Å². The second-order valence-electron chi connectivity index (χ2n) is 4.63. The molecule has 0 aliphatic carbocycles. The molecule has 2 rings (SSSR count). The maximum absolute atomic E-state index is 5.75. The van der Waals surface area contributed by atoms with E-state index in [4.69, 9.17) is 24.7 Å². The number of aliphatic imine (C=N–C) groups is 1. The number of fused-ring (bicyclic) bond motifs is 1. The minimum absolute atomic E-state index is 0. The van der Waals surface area contributed by atoms with E-state index in [-0.39, 0.29) is 36.8 Å². The van der Waals surface area contributed by atoms with Crippen LogP contribution in [0.25, 0.3) is 0 Å². The fraction of sp³-hybridized carbons (Fsp3) is 0.500. The number of benzene rings is 1. The molecule has 0 amide bonds. The average molecular weight is 423 g/mol. The van der Waals surface area contributed by atoms with E-state index < -0.39 is 0 Å². The molecule has 8 heteroatoms. The maximum atomic E-state index is 5.75. The van der Waals surface area contributed by atoms with Gasteiger partial charge < -0.3 is 30.0 Å². The number of hydrogen-bond acceptors (Lipinski definition) is 5. The zero-order valence-corrected chi connectivity index (χ0v) is 15.0. The topological polar surface area (TPSA) is 87.3 Å². The molecule has 22 heavy (non-hydrogen) atoms. The number of hydrogen-bond donors (Lipinski definition) is 2. The largest absolute Gasteiger partial charge is 0.492 e. The lowest BCUT2D eigenvalue weighted by Crippen LogP contribution is -2.40. The first kappa shape index (κ1) is 18.6. The van der Waals surface area contributed by atoms with Gasteiger partial charge in [0.2, 0.25) is 6.79 Å². The summed E-state index contributed by atoms with van der Waals surface area (Å²) in [6, 6.07) is 5.57. The van der Waals surface area contributed by atoms with Crippen LogP contribution in [0.2, 0.25) is 0 Å². The number of guanidine groups is 1. The van der Waals surface area contributed by atoms with E-state index in [1.54, 1.807) is 13.2 Å². The first-order valence-electron chi connectivity index (χ1n) is 6.77. The zero-order valence-electron chi connectivity index (χ0n) is 12.7. The summed E-state index contributed by atoms with van der Waals surface area (Å²) in [5.74, 6) is 2.54. The number of methoxy groups -OCH3 is 1. The molecule has 1 aromatic carbocycles. The van der Waals surface area contributed by atoms with Crippen LogP contribution in [-0.4, -0.2) is 45.7 Å². The van der Waals surface area contributed by atoms with Gasteiger partial charge in [0.05, 0.1) is 13.2 Å². The molecule has 0 saturated heterocycles. The van der Waals surface area contributed by atoms with Crippen molar-refractivity contribution in [3.8, 4) is 17.2 Å². The average Bonchev–Trinajstić information content (AvgIpc) is 2.91. The molecule has 1 aliphatic heterocycles. The Morgan fingerprint density at radius 2 is 2.18 bits per heavy atom. The normalized spacial score (nSPS) is 14.2. The van der Waals surface area contributed by atoms with Crippen LogP contribution in [0, 0.1) is 0 Å². The van der Waals surface area contributed by atoms with Gasteiger partial charge in [-0.15, -0.1) is 24.0 Å². The fourth-order valence-electron chi connectivity index (χ4n) is 1.89. The van der Waals surface area contributed by atoms with Crippen molar-refractivity contribution in [2.24, 2.45) is 10.7 Å². The predicted molar refractivity (Wildman–Crippen MR) is 94.4 cm³/mol. The molecule has 0 aromatic heterocycles. The molecule has 1 aliphatic rings. The number of nitrogens with two attached hydrogens (primary N) is 1. The number of nitrogens with zero attached hydrogens (tertiary/aromatic N) is 1. The maximum Gasteiger partial charge on any atom is 0.231 e. The summed E-state index contributed by atoms with van der Waals surface area (Å²) in [5.41, 5.74) is 5.75. The van der Waals surface area contributed by atoms with E-state index in [1.165, 1.54) is 0 Å². The molecular weight excluding hydrogens is 401 g/mol. The molecule has 0 bridgehead atoms. The van der Waals surface area contributed by atoms with Gasteiger partial charge in [0.1, 0.15) is 12.4 Å². The summed E-state index contributed by atoms with van der Waals surface area (Å²) in [5, 5.41) is 3.02. The van der Waals surface area contributed by atoms with E-state index in [0.717, 1.165) is 5.75 Å². The third-order valence-electron chi connectivity index (χ3n) is 2.80. The lowest BCUT2D eigenvalue weighted by molar-refractivity contribution is 0.174. The summed E-state index contributed by atoms with van der Waals surface area (Å²) < 4.78 is 21.1. The Kier molecular flexibility index (Phi) is 8.10. The molecule has 0 spiro atoms. The van der Waals surface area contributed by atoms with Gasteiger partial charge in [-0.2, -0.15) is 0 Å². The highest BCUT2D eigenvalue weighted by molar-refractivity contribution is 14.0. The van der Waals surface area contributed by atoms with Gasteiger partial charge in [0.15, 0.2) is 17.5 Å². The van der Waals surface area contributed by atoms with Crippen LogP contribution in [0.5, 0.6) is 17.2 Å². The minimum Gasteiger partial charge on any atom is -0.492 e. The highest BCUT2D eigenvalue weighted by atomic mass is 127. The van der Waals surface area contributed by atoms with Crippen LogP contribution < -0.4 is 25.3 Å². The van der Waals surface area contributed by atoms with Gasteiger partial charge in [0, 0.05) is 19.2 Å². The zero-order chi connectivity index (χ0) is 15.1. The highest BCUT2D eigenvalue weighted by Gasteiger charge is 2.13. The molecule has 0 radical (unpaired) electrons.